The molecule has 0 N–H and O–H groups in total. The Morgan fingerprint density at radius 1 is 0.708 bits per heavy atom. The number of unbranched alkanes of at least 4 members (excludes halogenated alkanes) is 10. The average Bonchev–Trinajstić information content (AvgIpc) is 2.58. The third kappa shape index (κ3) is 19.0. The fraction of sp³-hybridized carbons (Fsp3) is 0.773. The molecule has 0 aromatic carbocycles. The topological polar surface area (TPSA) is 26.3 Å². The zero-order valence-electron chi connectivity index (χ0n) is 16.2. The minimum absolute atomic E-state index is 0.0416. The number of rotatable bonds is 17. The van der Waals surface area contributed by atoms with Crippen LogP contribution in [0.5, 0.6) is 0 Å². The lowest BCUT2D eigenvalue weighted by Gasteiger charge is -2.02. The van der Waals surface area contributed by atoms with Crippen molar-refractivity contribution < 1.29 is 9.53 Å². The first-order valence-electron chi connectivity index (χ1n) is 10.3. The Labute approximate surface area is 150 Å². The smallest absolute Gasteiger partial charge is 0.305 e. The third-order valence-electron chi connectivity index (χ3n) is 4.14. The van der Waals surface area contributed by atoms with Crippen LogP contribution in [-0.4, -0.2) is 12.6 Å². The van der Waals surface area contributed by atoms with E-state index in [0.29, 0.717) is 13.0 Å². The molecule has 0 radical (unpaired) electrons. The van der Waals surface area contributed by atoms with Crippen LogP contribution in [0.25, 0.3) is 0 Å². The number of hydrogen-bond donors (Lipinski definition) is 0. The lowest BCUT2D eigenvalue weighted by atomic mass is 10.1. The van der Waals surface area contributed by atoms with Gasteiger partial charge in [-0.2, -0.15) is 0 Å². The molecule has 24 heavy (non-hydrogen) atoms. The van der Waals surface area contributed by atoms with Gasteiger partial charge in [0.2, 0.25) is 0 Å². The van der Waals surface area contributed by atoms with Crippen molar-refractivity contribution in [1.29, 1.82) is 0 Å². The monoisotopic (exact) mass is 336 g/mol. The van der Waals surface area contributed by atoms with Gasteiger partial charge in [-0.05, 0) is 45.4 Å². The van der Waals surface area contributed by atoms with Crippen LogP contribution in [0.3, 0.4) is 0 Å². The normalized spacial score (nSPS) is 11.6. The molecule has 0 aromatic rings. The molecule has 140 valence electrons. The summed E-state index contributed by atoms with van der Waals surface area (Å²) in [4.78, 5) is 11.2. The maximum atomic E-state index is 11.2. The number of ether oxygens (including phenoxy) is 1. The Kier molecular flexibility index (Phi) is 19.1. The summed E-state index contributed by atoms with van der Waals surface area (Å²) in [7, 11) is 0. The summed E-state index contributed by atoms with van der Waals surface area (Å²) < 4.78 is 4.92. The molecule has 0 saturated heterocycles. The van der Waals surface area contributed by atoms with Crippen LogP contribution in [0.1, 0.15) is 104 Å². The number of carbonyl (C=O) groups excluding carboxylic acids is 1. The minimum Gasteiger partial charge on any atom is -0.466 e. The van der Waals surface area contributed by atoms with Crippen molar-refractivity contribution in [2.24, 2.45) is 0 Å². The van der Waals surface area contributed by atoms with Crippen LogP contribution in [0.2, 0.25) is 0 Å². The molecular weight excluding hydrogens is 296 g/mol. The molecular formula is C22H40O2. The van der Waals surface area contributed by atoms with Gasteiger partial charge in [0, 0.05) is 6.42 Å². The molecule has 0 fully saturated rings. The van der Waals surface area contributed by atoms with E-state index in [1.807, 2.05) is 6.92 Å². The van der Waals surface area contributed by atoms with Crippen molar-refractivity contribution in [3.05, 3.63) is 24.3 Å². The zero-order valence-corrected chi connectivity index (χ0v) is 16.2. The van der Waals surface area contributed by atoms with E-state index < -0.39 is 0 Å². The van der Waals surface area contributed by atoms with E-state index in [2.05, 4.69) is 31.2 Å². The lowest BCUT2D eigenvalue weighted by Crippen LogP contribution is -2.03. The predicted molar refractivity (Wildman–Crippen MR) is 105 cm³/mol. The average molecular weight is 337 g/mol. The van der Waals surface area contributed by atoms with Crippen LogP contribution in [-0.2, 0) is 9.53 Å². The van der Waals surface area contributed by atoms with Gasteiger partial charge >= 0.3 is 5.97 Å². The fourth-order valence-corrected chi connectivity index (χ4v) is 2.67. The molecule has 0 spiro atoms. The molecule has 0 saturated carbocycles. The highest BCUT2D eigenvalue weighted by Gasteiger charge is 2.00. The van der Waals surface area contributed by atoms with Crippen molar-refractivity contribution in [1.82, 2.24) is 0 Å². The van der Waals surface area contributed by atoms with Gasteiger partial charge in [-0.25, -0.2) is 0 Å². The number of esters is 1. The third-order valence-corrected chi connectivity index (χ3v) is 4.14. The minimum atomic E-state index is -0.0416. The maximum absolute atomic E-state index is 11.2. The van der Waals surface area contributed by atoms with Crippen LogP contribution in [0.4, 0.5) is 0 Å². The van der Waals surface area contributed by atoms with Crippen LogP contribution >= 0.6 is 0 Å². The molecule has 0 aliphatic carbocycles. The van der Waals surface area contributed by atoms with Crippen molar-refractivity contribution >= 4 is 5.97 Å². The Balaban J connectivity index is 3.19. The van der Waals surface area contributed by atoms with Crippen LogP contribution < -0.4 is 0 Å². The number of allylic oxidation sites excluding steroid dienone is 4. The summed E-state index contributed by atoms with van der Waals surface area (Å²) in [6.07, 6.45) is 26.0. The maximum Gasteiger partial charge on any atom is 0.305 e. The SMILES string of the molecule is CCCCC/C=C\C/C=C\CCCCCCCCCC(=O)OCC. The molecule has 0 aliphatic heterocycles. The van der Waals surface area contributed by atoms with E-state index in [9.17, 15) is 4.79 Å². The van der Waals surface area contributed by atoms with Gasteiger partial charge in [-0.15, -0.1) is 0 Å². The molecule has 0 atom stereocenters. The van der Waals surface area contributed by atoms with Gasteiger partial charge in [0.05, 0.1) is 6.61 Å². The quantitative estimate of drug-likeness (QED) is 0.160. The summed E-state index contributed by atoms with van der Waals surface area (Å²) in [5.41, 5.74) is 0. The predicted octanol–water partition coefficient (Wildman–Crippen LogP) is 7.14. The van der Waals surface area contributed by atoms with Crippen LogP contribution in [0.15, 0.2) is 24.3 Å². The van der Waals surface area contributed by atoms with Gasteiger partial charge in [0.15, 0.2) is 0 Å². The molecule has 0 aromatic heterocycles. The zero-order chi connectivity index (χ0) is 17.7. The van der Waals surface area contributed by atoms with Gasteiger partial charge in [0.25, 0.3) is 0 Å². The molecule has 0 unspecified atom stereocenters. The molecule has 2 nitrogen and oxygen atoms in total. The first-order chi connectivity index (χ1) is 11.8. The van der Waals surface area contributed by atoms with Crippen molar-refractivity contribution in [3.63, 3.8) is 0 Å². The second-order valence-electron chi connectivity index (χ2n) is 6.49. The molecule has 0 rings (SSSR count). The number of hydrogen-bond acceptors (Lipinski definition) is 2. The van der Waals surface area contributed by atoms with E-state index in [1.165, 1.54) is 64.2 Å². The molecule has 2 heteroatoms. The van der Waals surface area contributed by atoms with E-state index in [1.54, 1.807) is 0 Å². The summed E-state index contributed by atoms with van der Waals surface area (Å²) in [6.45, 7) is 4.61. The Morgan fingerprint density at radius 3 is 1.83 bits per heavy atom. The Morgan fingerprint density at radius 2 is 1.25 bits per heavy atom. The summed E-state index contributed by atoms with van der Waals surface area (Å²) in [5.74, 6) is -0.0416. The van der Waals surface area contributed by atoms with E-state index >= 15 is 0 Å². The van der Waals surface area contributed by atoms with Crippen molar-refractivity contribution in [2.45, 2.75) is 104 Å². The van der Waals surface area contributed by atoms with Crippen molar-refractivity contribution in [3.8, 4) is 0 Å². The summed E-state index contributed by atoms with van der Waals surface area (Å²) in [6, 6.07) is 0. The van der Waals surface area contributed by atoms with Gasteiger partial charge in [-0.1, -0.05) is 76.2 Å². The Bertz CT molecular complexity index is 318. The largest absolute Gasteiger partial charge is 0.466 e. The first kappa shape index (κ1) is 22.9. The van der Waals surface area contributed by atoms with E-state index in [-0.39, 0.29) is 5.97 Å². The number of carbonyl (C=O) groups is 1. The molecule has 0 aliphatic rings. The second-order valence-corrected chi connectivity index (χ2v) is 6.49. The lowest BCUT2D eigenvalue weighted by molar-refractivity contribution is -0.143. The van der Waals surface area contributed by atoms with E-state index in [4.69, 9.17) is 4.74 Å². The summed E-state index contributed by atoms with van der Waals surface area (Å²) in [5, 5.41) is 0. The van der Waals surface area contributed by atoms with E-state index in [0.717, 1.165) is 19.3 Å². The highest BCUT2D eigenvalue weighted by molar-refractivity contribution is 5.69. The van der Waals surface area contributed by atoms with Crippen molar-refractivity contribution in [2.75, 3.05) is 6.61 Å². The highest BCUT2D eigenvalue weighted by atomic mass is 16.5. The first-order valence-corrected chi connectivity index (χ1v) is 10.3. The van der Waals surface area contributed by atoms with Gasteiger partial charge in [-0.3, -0.25) is 4.79 Å². The Hall–Kier alpha value is -1.05. The molecule has 0 amide bonds. The molecule has 0 heterocycles. The summed E-state index contributed by atoms with van der Waals surface area (Å²) >= 11 is 0. The van der Waals surface area contributed by atoms with Gasteiger partial charge < -0.3 is 4.74 Å². The fourth-order valence-electron chi connectivity index (χ4n) is 2.67. The standard InChI is InChI=1S/C22H40O2/c1-3-5-6-7-8-9-10-11-12-13-14-15-16-17-18-19-20-21-22(23)24-4-2/h8-9,11-12H,3-7,10,13-21H2,1-2H3/b9-8-,12-11-. The second kappa shape index (κ2) is 20.0. The van der Waals surface area contributed by atoms with Gasteiger partial charge in [0.1, 0.15) is 0 Å². The highest BCUT2D eigenvalue weighted by Crippen LogP contribution is 2.10. The van der Waals surface area contributed by atoms with Crippen LogP contribution in [0, 0.1) is 0 Å². The molecule has 0 bridgehead atoms.